The summed E-state index contributed by atoms with van der Waals surface area (Å²) in [5.74, 6) is 0.0170. The topological polar surface area (TPSA) is 96.0 Å². The van der Waals surface area contributed by atoms with Crippen molar-refractivity contribution in [1.82, 2.24) is 4.31 Å². The Bertz CT molecular complexity index is 1130. The largest absolute Gasteiger partial charge is 0.379 e. The van der Waals surface area contributed by atoms with Crippen LogP contribution in [0.4, 0.5) is 11.4 Å². The van der Waals surface area contributed by atoms with Gasteiger partial charge >= 0.3 is 0 Å². The highest BCUT2D eigenvalue weighted by Crippen LogP contribution is 2.36. The molecule has 2 aromatic carbocycles. The molecule has 1 saturated heterocycles. The summed E-state index contributed by atoms with van der Waals surface area (Å²) >= 11 is 1.48. The minimum Gasteiger partial charge on any atom is -0.379 e. The second kappa shape index (κ2) is 10.3. The Labute approximate surface area is 198 Å². The van der Waals surface area contributed by atoms with Gasteiger partial charge in [0.05, 0.1) is 23.8 Å². The molecule has 0 unspecified atom stereocenters. The van der Waals surface area contributed by atoms with Crippen molar-refractivity contribution in [2.45, 2.75) is 29.6 Å². The minimum atomic E-state index is -3.73. The number of anilines is 2. The second-order valence-corrected chi connectivity index (χ2v) is 10.9. The van der Waals surface area contributed by atoms with E-state index in [1.54, 1.807) is 12.1 Å². The van der Waals surface area contributed by atoms with Crippen molar-refractivity contribution in [2.24, 2.45) is 0 Å². The first-order valence-electron chi connectivity index (χ1n) is 10.9. The van der Waals surface area contributed by atoms with E-state index in [0.717, 1.165) is 16.9 Å². The van der Waals surface area contributed by atoms with Crippen molar-refractivity contribution in [3.63, 3.8) is 0 Å². The molecule has 8 nitrogen and oxygen atoms in total. The summed E-state index contributed by atoms with van der Waals surface area (Å²) < 4.78 is 32.9. The van der Waals surface area contributed by atoms with Crippen LogP contribution in [0.5, 0.6) is 0 Å². The molecule has 1 fully saturated rings. The van der Waals surface area contributed by atoms with Gasteiger partial charge in [-0.1, -0.05) is 19.1 Å². The minimum absolute atomic E-state index is 0.110. The number of amides is 2. The summed E-state index contributed by atoms with van der Waals surface area (Å²) in [6, 6.07) is 12.4. The third kappa shape index (κ3) is 5.40. The molecule has 10 heteroatoms. The van der Waals surface area contributed by atoms with E-state index in [1.807, 2.05) is 24.3 Å². The van der Waals surface area contributed by atoms with Crippen LogP contribution in [0.3, 0.4) is 0 Å². The normalized spacial score (nSPS) is 17.4. The zero-order valence-electron chi connectivity index (χ0n) is 18.5. The number of ether oxygens (including phenoxy) is 1. The summed E-state index contributed by atoms with van der Waals surface area (Å²) in [5.41, 5.74) is 2.27. The summed E-state index contributed by atoms with van der Waals surface area (Å²) in [5, 5.41) is 2.83. The number of nitrogens with one attached hydrogen (secondary N) is 1. The standard InChI is InChI=1S/C23H27N3O5S2/c1-2-17-3-5-18(6-4-17)24-22(27)16-26-20-15-19(7-8-21(20)32-14-9-23(26)28)33(29,30)25-10-12-31-13-11-25/h3-8,15H,2,9-14,16H2,1H3,(H,24,27). The summed E-state index contributed by atoms with van der Waals surface area (Å²) in [4.78, 5) is 27.9. The molecule has 2 heterocycles. The molecule has 0 saturated carbocycles. The maximum atomic E-state index is 13.1. The highest BCUT2D eigenvalue weighted by Gasteiger charge is 2.30. The van der Waals surface area contributed by atoms with Crippen molar-refractivity contribution in [1.29, 1.82) is 0 Å². The van der Waals surface area contributed by atoms with Crippen LogP contribution in [0.2, 0.25) is 0 Å². The molecule has 176 valence electrons. The molecule has 0 aromatic heterocycles. The molecule has 1 N–H and O–H groups in total. The fourth-order valence-corrected chi connectivity index (χ4v) is 6.19. The van der Waals surface area contributed by atoms with E-state index in [0.29, 0.717) is 30.3 Å². The van der Waals surface area contributed by atoms with Crippen molar-refractivity contribution >= 4 is 45.0 Å². The number of rotatable bonds is 6. The van der Waals surface area contributed by atoms with E-state index >= 15 is 0 Å². The fourth-order valence-electron chi connectivity index (χ4n) is 3.79. The first-order chi connectivity index (χ1) is 15.9. The number of aryl methyl sites for hydroxylation is 1. The highest BCUT2D eigenvalue weighted by molar-refractivity contribution is 7.99. The van der Waals surface area contributed by atoms with E-state index in [9.17, 15) is 18.0 Å². The van der Waals surface area contributed by atoms with Gasteiger partial charge in [-0.3, -0.25) is 9.59 Å². The smallest absolute Gasteiger partial charge is 0.244 e. The van der Waals surface area contributed by atoms with Gasteiger partial charge in [0.25, 0.3) is 0 Å². The molecule has 4 rings (SSSR count). The van der Waals surface area contributed by atoms with Crippen molar-refractivity contribution < 1.29 is 22.7 Å². The number of hydrogen-bond donors (Lipinski definition) is 1. The average Bonchev–Trinajstić information content (AvgIpc) is 2.98. The molecule has 0 atom stereocenters. The first-order valence-corrected chi connectivity index (χ1v) is 13.3. The number of sulfonamides is 1. The Morgan fingerprint density at radius 2 is 1.85 bits per heavy atom. The number of hydrogen-bond acceptors (Lipinski definition) is 6. The Morgan fingerprint density at radius 3 is 2.55 bits per heavy atom. The van der Waals surface area contributed by atoms with Crippen LogP contribution in [0, 0.1) is 0 Å². The van der Waals surface area contributed by atoms with Crippen LogP contribution in [0.1, 0.15) is 18.9 Å². The summed E-state index contributed by atoms with van der Waals surface area (Å²) in [6.45, 7) is 3.14. The van der Waals surface area contributed by atoms with Crippen LogP contribution in [-0.4, -0.2) is 63.1 Å². The molecule has 0 aliphatic carbocycles. The SMILES string of the molecule is CCc1ccc(NC(=O)CN2C(=O)CCSc3ccc(S(=O)(=O)N4CCOCC4)cc32)cc1. The number of fused-ring (bicyclic) bond motifs is 1. The van der Waals surface area contributed by atoms with Crippen LogP contribution >= 0.6 is 11.8 Å². The lowest BCUT2D eigenvalue weighted by molar-refractivity contribution is -0.121. The number of carbonyl (C=O) groups excluding carboxylic acids is 2. The molecule has 0 bridgehead atoms. The number of benzene rings is 2. The molecule has 2 aliphatic heterocycles. The van der Waals surface area contributed by atoms with E-state index in [1.165, 1.54) is 27.0 Å². The number of thioether (sulfide) groups is 1. The summed E-state index contributed by atoms with van der Waals surface area (Å²) in [7, 11) is -3.73. The van der Waals surface area contributed by atoms with Gasteiger partial charge in [0.1, 0.15) is 6.54 Å². The molecule has 2 aromatic rings. The monoisotopic (exact) mass is 489 g/mol. The van der Waals surface area contributed by atoms with Gasteiger partial charge in [-0.2, -0.15) is 4.31 Å². The lowest BCUT2D eigenvalue weighted by atomic mass is 10.1. The number of nitrogens with zero attached hydrogens (tertiary/aromatic N) is 2. The Kier molecular flexibility index (Phi) is 7.38. The third-order valence-corrected chi connectivity index (χ3v) is 8.61. The van der Waals surface area contributed by atoms with Crippen LogP contribution < -0.4 is 10.2 Å². The predicted molar refractivity (Wildman–Crippen MR) is 128 cm³/mol. The van der Waals surface area contributed by atoms with E-state index < -0.39 is 10.0 Å². The molecule has 2 amide bonds. The molecular formula is C23H27N3O5S2. The Morgan fingerprint density at radius 1 is 1.12 bits per heavy atom. The highest BCUT2D eigenvalue weighted by atomic mass is 32.2. The maximum Gasteiger partial charge on any atom is 0.244 e. The van der Waals surface area contributed by atoms with E-state index in [4.69, 9.17) is 4.74 Å². The molecule has 0 spiro atoms. The van der Waals surface area contributed by atoms with Crippen molar-refractivity contribution in [3.8, 4) is 0 Å². The summed E-state index contributed by atoms with van der Waals surface area (Å²) in [6.07, 6.45) is 1.17. The van der Waals surface area contributed by atoms with Gasteiger partial charge < -0.3 is 15.0 Å². The predicted octanol–water partition coefficient (Wildman–Crippen LogP) is 2.74. The molecule has 0 radical (unpaired) electrons. The number of morpholine rings is 1. The Balaban J connectivity index is 1.59. The van der Waals surface area contributed by atoms with E-state index in [-0.39, 0.29) is 42.8 Å². The van der Waals surface area contributed by atoms with Crippen molar-refractivity contribution in [2.75, 3.05) is 48.8 Å². The molecule has 2 aliphatic rings. The fraction of sp³-hybridized carbons (Fsp3) is 0.391. The number of carbonyl (C=O) groups is 2. The van der Waals surface area contributed by atoms with Crippen LogP contribution in [0.25, 0.3) is 0 Å². The average molecular weight is 490 g/mol. The molecular weight excluding hydrogens is 462 g/mol. The Hall–Kier alpha value is -2.40. The van der Waals surface area contributed by atoms with E-state index in [2.05, 4.69) is 12.2 Å². The molecule has 33 heavy (non-hydrogen) atoms. The maximum absolute atomic E-state index is 13.1. The van der Waals surface area contributed by atoms with Gasteiger partial charge in [0.15, 0.2) is 0 Å². The van der Waals surface area contributed by atoms with Gasteiger partial charge in [0.2, 0.25) is 21.8 Å². The zero-order valence-corrected chi connectivity index (χ0v) is 20.1. The second-order valence-electron chi connectivity index (χ2n) is 7.82. The zero-order chi connectivity index (χ0) is 23.4. The third-order valence-electron chi connectivity index (χ3n) is 5.65. The van der Waals surface area contributed by atoms with Gasteiger partial charge in [-0.25, -0.2) is 8.42 Å². The lowest BCUT2D eigenvalue weighted by Crippen LogP contribution is -2.41. The quantitative estimate of drug-likeness (QED) is 0.670. The van der Waals surface area contributed by atoms with Gasteiger partial charge in [-0.15, -0.1) is 11.8 Å². The van der Waals surface area contributed by atoms with Crippen LogP contribution in [-0.2, 0) is 30.8 Å². The van der Waals surface area contributed by atoms with Crippen molar-refractivity contribution in [3.05, 3.63) is 48.0 Å². The van der Waals surface area contributed by atoms with Gasteiger partial charge in [0, 0.05) is 35.8 Å². The lowest BCUT2D eigenvalue weighted by Gasteiger charge is -2.27. The van der Waals surface area contributed by atoms with Crippen LogP contribution in [0.15, 0.2) is 52.3 Å². The first kappa shape index (κ1) is 23.7. The van der Waals surface area contributed by atoms with Gasteiger partial charge in [-0.05, 0) is 42.3 Å².